The molecule has 3 aromatic carbocycles. The van der Waals surface area contributed by atoms with Gasteiger partial charge < -0.3 is 10.1 Å². The number of alkyl carbamates (subject to hydrolysis) is 1. The van der Waals surface area contributed by atoms with Crippen molar-refractivity contribution >= 4 is 34.7 Å². The molecule has 0 heterocycles. The minimum atomic E-state index is -0.915. The predicted octanol–water partition coefficient (Wildman–Crippen LogP) is 6.37. The summed E-state index contributed by atoms with van der Waals surface area (Å²) >= 11 is 7.45. The van der Waals surface area contributed by atoms with Gasteiger partial charge in [-0.05, 0) is 49.1 Å². The van der Waals surface area contributed by atoms with Gasteiger partial charge in [-0.25, -0.2) is 4.79 Å². The molecule has 33 heavy (non-hydrogen) atoms. The molecule has 1 N–H and O–H groups in total. The van der Waals surface area contributed by atoms with Crippen LogP contribution in [0.2, 0.25) is 0 Å². The average Bonchev–Trinajstić information content (AvgIpc) is 2.79. The van der Waals surface area contributed by atoms with E-state index in [-0.39, 0.29) is 5.75 Å². The number of benzene rings is 3. The summed E-state index contributed by atoms with van der Waals surface area (Å²) in [6.07, 6.45) is -0.674. The van der Waals surface area contributed by atoms with Gasteiger partial charge in [-0.15, -0.1) is 11.8 Å². The highest BCUT2D eigenvalue weighted by molar-refractivity contribution is 8.00. The average molecular weight is 482 g/mol. The molecule has 1 atom stereocenters. The number of nitrogens with one attached hydrogen (secondary N) is 1. The number of rotatable bonds is 8. The second kappa shape index (κ2) is 10.9. The lowest BCUT2D eigenvalue weighted by Gasteiger charge is -2.36. The van der Waals surface area contributed by atoms with Gasteiger partial charge in [0, 0.05) is 5.75 Å². The zero-order valence-electron chi connectivity index (χ0n) is 19.0. The molecule has 3 aromatic rings. The van der Waals surface area contributed by atoms with Crippen LogP contribution in [0.25, 0.3) is 0 Å². The van der Waals surface area contributed by atoms with Gasteiger partial charge in [0.15, 0.2) is 0 Å². The number of carbonyl (C=O) groups is 2. The molecule has 0 aliphatic rings. The molecule has 0 spiro atoms. The third-order valence-corrected chi connectivity index (χ3v) is 6.88. The summed E-state index contributed by atoms with van der Waals surface area (Å²) in [7, 11) is 0. The SMILES string of the molecule is CC(C)(C)OC(=O)N[C@@H](CSC(c1ccccc1)(c1ccccc1)c1ccccc1)C(=O)Cl. The van der Waals surface area contributed by atoms with Crippen LogP contribution in [0.4, 0.5) is 4.79 Å². The predicted molar refractivity (Wildman–Crippen MR) is 136 cm³/mol. The van der Waals surface area contributed by atoms with Gasteiger partial charge >= 0.3 is 6.09 Å². The second-order valence-corrected chi connectivity index (χ2v) is 10.2. The van der Waals surface area contributed by atoms with Crippen molar-refractivity contribution in [3.63, 3.8) is 0 Å². The standard InChI is InChI=1S/C27H28ClNO3S/c1-26(2,3)32-25(31)29-23(24(28)30)19-33-27(20-13-7-4-8-14-20,21-15-9-5-10-16-21)22-17-11-6-12-18-22/h4-18,23H,19H2,1-3H3,(H,29,31)/t23-/m0/s1. The minimum Gasteiger partial charge on any atom is -0.444 e. The fourth-order valence-corrected chi connectivity index (χ4v) is 5.37. The molecule has 172 valence electrons. The van der Waals surface area contributed by atoms with Crippen LogP contribution in [0.15, 0.2) is 91.0 Å². The topological polar surface area (TPSA) is 55.4 Å². The van der Waals surface area contributed by atoms with Crippen LogP contribution in [0.5, 0.6) is 0 Å². The van der Waals surface area contributed by atoms with E-state index in [1.54, 1.807) is 32.5 Å². The maximum atomic E-state index is 12.4. The van der Waals surface area contributed by atoms with E-state index in [1.807, 2.05) is 54.6 Å². The first-order chi connectivity index (χ1) is 15.7. The van der Waals surface area contributed by atoms with Crippen LogP contribution in [0, 0.1) is 0 Å². The molecular weight excluding hydrogens is 454 g/mol. The monoisotopic (exact) mass is 481 g/mol. The summed E-state index contributed by atoms with van der Waals surface area (Å²) in [5.41, 5.74) is 2.50. The number of halogens is 1. The van der Waals surface area contributed by atoms with Crippen molar-refractivity contribution in [1.29, 1.82) is 0 Å². The molecule has 3 rings (SSSR count). The summed E-state index contributed by atoms with van der Waals surface area (Å²) in [6, 6.07) is 29.5. The Kier molecular flexibility index (Phi) is 8.22. The van der Waals surface area contributed by atoms with Gasteiger partial charge in [0.2, 0.25) is 5.24 Å². The van der Waals surface area contributed by atoms with Crippen LogP contribution >= 0.6 is 23.4 Å². The molecule has 0 saturated heterocycles. The molecule has 0 aromatic heterocycles. The molecule has 6 heteroatoms. The number of hydrogen-bond acceptors (Lipinski definition) is 4. The van der Waals surface area contributed by atoms with Gasteiger partial charge in [-0.1, -0.05) is 91.0 Å². The van der Waals surface area contributed by atoms with Gasteiger partial charge in [0.05, 0.1) is 4.75 Å². The Hall–Kier alpha value is -2.76. The van der Waals surface area contributed by atoms with Crippen molar-refractivity contribution in [2.24, 2.45) is 0 Å². The summed E-state index contributed by atoms with van der Waals surface area (Å²) in [4.78, 5) is 24.6. The summed E-state index contributed by atoms with van der Waals surface area (Å²) in [5.74, 6) is 0.250. The Morgan fingerprint density at radius 3 is 1.55 bits per heavy atom. The second-order valence-electron chi connectivity index (χ2n) is 8.59. The maximum Gasteiger partial charge on any atom is 0.408 e. The van der Waals surface area contributed by atoms with Crippen molar-refractivity contribution in [1.82, 2.24) is 5.32 Å². The number of thioether (sulfide) groups is 1. The van der Waals surface area contributed by atoms with Crippen LogP contribution < -0.4 is 5.32 Å². The normalized spacial score (nSPS) is 12.6. The summed E-state index contributed by atoms with van der Waals surface area (Å²) in [6.45, 7) is 5.30. The Morgan fingerprint density at radius 2 is 1.21 bits per heavy atom. The third-order valence-electron chi connectivity index (χ3n) is 4.97. The molecule has 0 aliphatic carbocycles. The van der Waals surface area contributed by atoms with Gasteiger partial charge in [-0.2, -0.15) is 0 Å². The lowest BCUT2D eigenvalue weighted by atomic mass is 9.84. The van der Waals surface area contributed by atoms with E-state index < -0.39 is 27.7 Å². The Morgan fingerprint density at radius 1 is 0.818 bits per heavy atom. The molecule has 4 nitrogen and oxygen atoms in total. The first-order valence-electron chi connectivity index (χ1n) is 10.7. The lowest BCUT2D eigenvalue weighted by molar-refractivity contribution is -0.113. The van der Waals surface area contributed by atoms with Crippen molar-refractivity contribution in [2.75, 3.05) is 5.75 Å². The van der Waals surface area contributed by atoms with Crippen molar-refractivity contribution in [3.05, 3.63) is 108 Å². The van der Waals surface area contributed by atoms with E-state index in [1.165, 1.54) is 0 Å². The van der Waals surface area contributed by atoms with Crippen LogP contribution in [0.3, 0.4) is 0 Å². The smallest absolute Gasteiger partial charge is 0.408 e. The molecule has 0 saturated carbocycles. The highest BCUT2D eigenvalue weighted by Crippen LogP contribution is 2.48. The molecule has 1 amide bonds. The Labute approximate surface area is 204 Å². The molecule has 0 aliphatic heterocycles. The minimum absolute atomic E-state index is 0.250. The molecule has 0 radical (unpaired) electrons. The number of carbonyl (C=O) groups excluding carboxylic acids is 2. The van der Waals surface area contributed by atoms with E-state index >= 15 is 0 Å². The van der Waals surface area contributed by atoms with E-state index in [0.29, 0.717) is 0 Å². The zero-order chi connectivity index (χ0) is 23.9. The van der Waals surface area contributed by atoms with Crippen molar-refractivity contribution in [3.8, 4) is 0 Å². The van der Waals surface area contributed by atoms with Gasteiger partial charge in [-0.3, -0.25) is 4.79 Å². The Balaban J connectivity index is 2.03. The van der Waals surface area contributed by atoms with Crippen LogP contribution in [-0.4, -0.2) is 28.7 Å². The van der Waals surface area contributed by atoms with E-state index in [2.05, 4.69) is 41.7 Å². The highest BCUT2D eigenvalue weighted by atomic mass is 35.5. The van der Waals surface area contributed by atoms with Gasteiger partial charge in [0.25, 0.3) is 0 Å². The maximum absolute atomic E-state index is 12.4. The third kappa shape index (κ3) is 6.40. The van der Waals surface area contributed by atoms with Crippen LogP contribution in [-0.2, 0) is 14.3 Å². The first-order valence-corrected chi connectivity index (χ1v) is 12.1. The van der Waals surface area contributed by atoms with E-state index in [4.69, 9.17) is 16.3 Å². The Bertz CT molecular complexity index is 956. The molecule has 0 fully saturated rings. The van der Waals surface area contributed by atoms with Crippen LogP contribution in [0.1, 0.15) is 37.5 Å². The van der Waals surface area contributed by atoms with Crippen molar-refractivity contribution in [2.45, 2.75) is 37.2 Å². The molecular formula is C27H28ClNO3S. The largest absolute Gasteiger partial charge is 0.444 e. The number of ether oxygens (including phenoxy) is 1. The zero-order valence-corrected chi connectivity index (χ0v) is 20.5. The fourth-order valence-electron chi connectivity index (χ4n) is 3.59. The van der Waals surface area contributed by atoms with Gasteiger partial charge in [0.1, 0.15) is 11.6 Å². The van der Waals surface area contributed by atoms with Crippen molar-refractivity contribution < 1.29 is 14.3 Å². The first kappa shape index (κ1) is 24.9. The summed E-state index contributed by atoms with van der Waals surface area (Å²) < 4.78 is 4.71. The fraction of sp³-hybridized carbons (Fsp3) is 0.259. The number of hydrogen-bond donors (Lipinski definition) is 1. The van der Waals surface area contributed by atoms with E-state index in [9.17, 15) is 9.59 Å². The quantitative estimate of drug-likeness (QED) is 0.300. The highest BCUT2D eigenvalue weighted by Gasteiger charge is 2.38. The number of amides is 1. The molecule has 0 bridgehead atoms. The van der Waals surface area contributed by atoms with E-state index in [0.717, 1.165) is 16.7 Å². The summed E-state index contributed by atoms with van der Waals surface area (Å²) in [5, 5.41) is 1.99. The lowest BCUT2D eigenvalue weighted by Crippen LogP contribution is -2.44. The molecule has 0 unspecified atom stereocenters.